The maximum atomic E-state index is 4.82. The van der Waals surface area contributed by atoms with Gasteiger partial charge in [-0.15, -0.1) is 0 Å². The van der Waals surface area contributed by atoms with Gasteiger partial charge in [0.05, 0.1) is 5.52 Å². The first-order chi connectivity index (χ1) is 9.13. The van der Waals surface area contributed by atoms with E-state index in [4.69, 9.17) is 4.98 Å². The van der Waals surface area contributed by atoms with Crippen LogP contribution in [0.2, 0.25) is 0 Å². The van der Waals surface area contributed by atoms with E-state index < -0.39 is 0 Å². The molecule has 1 aliphatic heterocycles. The highest BCUT2D eigenvalue weighted by Gasteiger charge is 2.16. The van der Waals surface area contributed by atoms with Crippen LogP contribution in [0.5, 0.6) is 0 Å². The number of halogens is 1. The third-order valence-corrected chi connectivity index (χ3v) is 4.29. The van der Waals surface area contributed by atoms with E-state index in [-0.39, 0.29) is 0 Å². The van der Waals surface area contributed by atoms with E-state index in [1.165, 1.54) is 10.9 Å². The van der Waals surface area contributed by atoms with Crippen LogP contribution in [0.4, 0.5) is 5.82 Å². The lowest BCUT2D eigenvalue weighted by Gasteiger charge is -2.33. The number of pyridine rings is 1. The van der Waals surface area contributed by atoms with Crippen molar-refractivity contribution < 1.29 is 0 Å². The van der Waals surface area contributed by atoms with E-state index in [1.807, 2.05) is 0 Å². The molecule has 1 aromatic carbocycles. The lowest BCUT2D eigenvalue weighted by atomic mass is 10.1. The molecule has 0 radical (unpaired) electrons. The first-order valence-electron chi connectivity index (χ1n) is 6.64. The number of hydrogen-bond acceptors (Lipinski definition) is 3. The van der Waals surface area contributed by atoms with Crippen LogP contribution >= 0.6 is 15.9 Å². The first kappa shape index (κ1) is 12.9. The number of hydrogen-bond donors (Lipinski definition) is 0. The van der Waals surface area contributed by atoms with Gasteiger partial charge in [-0.05, 0) is 37.7 Å². The monoisotopic (exact) mass is 319 g/mol. The molecule has 0 N–H and O–H groups in total. The first-order valence-corrected chi connectivity index (χ1v) is 7.43. The summed E-state index contributed by atoms with van der Waals surface area (Å²) in [6.07, 6.45) is 0. The molecule has 19 heavy (non-hydrogen) atoms. The minimum absolute atomic E-state index is 1.06. The second kappa shape index (κ2) is 5.10. The zero-order valence-electron chi connectivity index (χ0n) is 11.4. The summed E-state index contributed by atoms with van der Waals surface area (Å²) in [6.45, 7) is 6.50. The van der Waals surface area contributed by atoms with Crippen LogP contribution in [0.3, 0.4) is 0 Å². The van der Waals surface area contributed by atoms with Crippen LogP contribution in [-0.2, 0) is 0 Å². The lowest BCUT2D eigenvalue weighted by molar-refractivity contribution is 0.312. The Morgan fingerprint density at radius 1 is 1.11 bits per heavy atom. The van der Waals surface area contributed by atoms with Crippen molar-refractivity contribution in [1.82, 2.24) is 9.88 Å². The summed E-state index contributed by atoms with van der Waals surface area (Å²) in [4.78, 5) is 9.57. The van der Waals surface area contributed by atoms with Crippen molar-refractivity contribution >= 4 is 32.7 Å². The van der Waals surface area contributed by atoms with Crippen molar-refractivity contribution in [2.24, 2.45) is 0 Å². The quantitative estimate of drug-likeness (QED) is 0.805. The average molecular weight is 320 g/mol. The number of fused-ring (bicyclic) bond motifs is 1. The van der Waals surface area contributed by atoms with Gasteiger partial charge in [-0.3, -0.25) is 0 Å². The topological polar surface area (TPSA) is 19.4 Å². The van der Waals surface area contributed by atoms with Gasteiger partial charge in [-0.2, -0.15) is 0 Å². The van der Waals surface area contributed by atoms with Gasteiger partial charge in [0.1, 0.15) is 5.82 Å². The van der Waals surface area contributed by atoms with Gasteiger partial charge in [0.15, 0.2) is 0 Å². The van der Waals surface area contributed by atoms with E-state index in [0.717, 1.165) is 42.0 Å². The van der Waals surface area contributed by atoms with E-state index in [0.29, 0.717) is 0 Å². The Balaban J connectivity index is 2.00. The molecule has 1 aromatic heterocycles. The minimum atomic E-state index is 1.06. The maximum absolute atomic E-state index is 4.82. The van der Waals surface area contributed by atoms with Crippen molar-refractivity contribution in [2.75, 3.05) is 38.1 Å². The average Bonchev–Trinajstić information content (AvgIpc) is 2.38. The molecule has 4 heteroatoms. The second-order valence-electron chi connectivity index (χ2n) is 5.25. The number of anilines is 1. The number of benzene rings is 1. The highest BCUT2D eigenvalue weighted by molar-refractivity contribution is 9.10. The summed E-state index contributed by atoms with van der Waals surface area (Å²) >= 11 is 3.53. The zero-order chi connectivity index (χ0) is 13.4. The largest absolute Gasteiger partial charge is 0.354 e. The predicted molar refractivity (Wildman–Crippen MR) is 83.9 cm³/mol. The molecule has 1 fully saturated rings. The van der Waals surface area contributed by atoms with Gasteiger partial charge in [0.25, 0.3) is 0 Å². The van der Waals surface area contributed by atoms with E-state index in [9.17, 15) is 0 Å². The van der Waals surface area contributed by atoms with Gasteiger partial charge in [0, 0.05) is 36.0 Å². The molecule has 100 valence electrons. The molecule has 0 saturated carbocycles. The number of rotatable bonds is 1. The molecule has 0 spiro atoms. The number of aryl methyl sites for hydroxylation is 1. The van der Waals surface area contributed by atoms with Gasteiger partial charge in [-0.25, -0.2) is 4.98 Å². The van der Waals surface area contributed by atoms with Gasteiger partial charge in [-0.1, -0.05) is 22.0 Å². The Kier molecular flexibility index (Phi) is 3.46. The fourth-order valence-corrected chi connectivity index (χ4v) is 2.90. The Bertz CT molecular complexity index is 604. The normalized spacial score (nSPS) is 17.1. The summed E-state index contributed by atoms with van der Waals surface area (Å²) in [5.74, 6) is 1.11. The zero-order valence-corrected chi connectivity index (χ0v) is 12.9. The Hall–Kier alpha value is -1.13. The van der Waals surface area contributed by atoms with Gasteiger partial charge < -0.3 is 9.80 Å². The fraction of sp³-hybridized carbons (Fsp3) is 0.400. The molecule has 2 heterocycles. The second-order valence-corrected chi connectivity index (χ2v) is 6.16. The summed E-state index contributed by atoms with van der Waals surface area (Å²) in [7, 11) is 2.17. The standard InChI is InChI=1S/C15H18BrN3/c1-11-9-15(19-7-5-18(2)6-8-19)17-14-10-12(16)3-4-13(11)14/h3-4,9-10H,5-8H2,1-2H3. The Morgan fingerprint density at radius 3 is 2.58 bits per heavy atom. The number of aromatic nitrogens is 1. The van der Waals surface area contributed by atoms with Crippen molar-refractivity contribution in [3.63, 3.8) is 0 Å². The van der Waals surface area contributed by atoms with Crippen molar-refractivity contribution in [1.29, 1.82) is 0 Å². The van der Waals surface area contributed by atoms with E-state index >= 15 is 0 Å². The smallest absolute Gasteiger partial charge is 0.129 e. The molecular formula is C15H18BrN3. The van der Waals surface area contributed by atoms with Crippen molar-refractivity contribution in [2.45, 2.75) is 6.92 Å². The van der Waals surface area contributed by atoms with Crippen LogP contribution in [0, 0.1) is 6.92 Å². The third-order valence-electron chi connectivity index (χ3n) is 3.79. The van der Waals surface area contributed by atoms with E-state index in [1.54, 1.807) is 0 Å². The molecule has 0 unspecified atom stereocenters. The van der Waals surface area contributed by atoms with Crippen LogP contribution in [0.25, 0.3) is 10.9 Å². The van der Waals surface area contributed by atoms with Crippen LogP contribution in [-0.4, -0.2) is 43.1 Å². The minimum Gasteiger partial charge on any atom is -0.354 e. The molecule has 2 aromatic rings. The maximum Gasteiger partial charge on any atom is 0.129 e. The van der Waals surface area contributed by atoms with Crippen molar-refractivity contribution in [3.8, 4) is 0 Å². The van der Waals surface area contributed by atoms with Crippen molar-refractivity contribution in [3.05, 3.63) is 34.3 Å². The summed E-state index contributed by atoms with van der Waals surface area (Å²) < 4.78 is 1.09. The molecule has 0 aliphatic carbocycles. The molecular weight excluding hydrogens is 302 g/mol. The predicted octanol–water partition coefficient (Wildman–Crippen LogP) is 3.06. The van der Waals surface area contributed by atoms with Crippen LogP contribution < -0.4 is 4.90 Å². The van der Waals surface area contributed by atoms with Crippen LogP contribution in [0.1, 0.15) is 5.56 Å². The van der Waals surface area contributed by atoms with Gasteiger partial charge in [0.2, 0.25) is 0 Å². The summed E-state index contributed by atoms with van der Waals surface area (Å²) in [6, 6.07) is 8.52. The summed E-state index contributed by atoms with van der Waals surface area (Å²) in [5, 5.41) is 1.24. The highest BCUT2D eigenvalue weighted by Crippen LogP contribution is 2.25. The molecule has 0 amide bonds. The molecule has 3 rings (SSSR count). The number of nitrogens with zero attached hydrogens (tertiary/aromatic N) is 3. The SMILES string of the molecule is Cc1cc(N2CCN(C)CC2)nc2cc(Br)ccc12. The molecule has 3 nitrogen and oxygen atoms in total. The number of piperazine rings is 1. The molecule has 0 atom stereocenters. The Labute approximate surface area is 122 Å². The summed E-state index contributed by atoms with van der Waals surface area (Å²) in [5.41, 5.74) is 2.37. The van der Waals surface area contributed by atoms with Gasteiger partial charge >= 0.3 is 0 Å². The fourth-order valence-electron chi connectivity index (χ4n) is 2.56. The van der Waals surface area contributed by atoms with Crippen LogP contribution in [0.15, 0.2) is 28.7 Å². The third kappa shape index (κ3) is 2.60. The molecule has 1 saturated heterocycles. The van der Waals surface area contributed by atoms with E-state index in [2.05, 4.69) is 64.0 Å². The number of likely N-dealkylation sites (N-methyl/N-ethyl adjacent to an activating group) is 1. The molecule has 0 bridgehead atoms. The lowest BCUT2D eigenvalue weighted by Crippen LogP contribution is -2.44. The Morgan fingerprint density at radius 2 is 1.84 bits per heavy atom. The highest BCUT2D eigenvalue weighted by atomic mass is 79.9. The molecule has 1 aliphatic rings.